The Balaban J connectivity index is 2.29. The van der Waals surface area contributed by atoms with Gasteiger partial charge < -0.3 is 0 Å². The summed E-state index contributed by atoms with van der Waals surface area (Å²) in [6.07, 6.45) is -8.01. The second-order valence-electron chi connectivity index (χ2n) is 4.00. The molecule has 1 aromatic heterocycles. The maximum atomic E-state index is 12.4. The van der Waals surface area contributed by atoms with Crippen LogP contribution in [-0.2, 0) is 12.4 Å². The van der Waals surface area contributed by atoms with Gasteiger partial charge in [0.2, 0.25) is 0 Å². The Morgan fingerprint density at radius 3 is 1.60 bits per heavy atom. The molecular formula is C13H7F6N. The van der Waals surface area contributed by atoms with E-state index in [9.17, 15) is 26.3 Å². The van der Waals surface area contributed by atoms with Gasteiger partial charge in [-0.2, -0.15) is 26.3 Å². The summed E-state index contributed by atoms with van der Waals surface area (Å²) in [4.78, 5) is 3.25. The topological polar surface area (TPSA) is 12.9 Å². The summed E-state index contributed by atoms with van der Waals surface area (Å²) < 4.78 is 74.1. The highest BCUT2D eigenvalue weighted by molar-refractivity contribution is 5.62. The summed E-state index contributed by atoms with van der Waals surface area (Å²) in [6, 6.07) is 6.06. The quantitative estimate of drug-likeness (QED) is 0.689. The number of alkyl halides is 6. The second-order valence-corrected chi connectivity index (χ2v) is 4.00. The van der Waals surface area contributed by atoms with E-state index in [0.29, 0.717) is 11.1 Å². The van der Waals surface area contributed by atoms with Gasteiger partial charge in [-0.1, -0.05) is 18.2 Å². The summed E-state index contributed by atoms with van der Waals surface area (Å²) in [5.74, 6) is 0. The molecule has 0 spiro atoms. The molecule has 0 aliphatic carbocycles. The fourth-order valence-electron chi connectivity index (χ4n) is 1.58. The average Bonchev–Trinajstić information content (AvgIpc) is 2.37. The highest BCUT2D eigenvalue weighted by atomic mass is 19.4. The Kier molecular flexibility index (Phi) is 3.45. The van der Waals surface area contributed by atoms with Crippen LogP contribution in [0, 0.1) is 0 Å². The van der Waals surface area contributed by atoms with Gasteiger partial charge in [-0.05, 0) is 23.8 Å². The van der Waals surface area contributed by atoms with Gasteiger partial charge in [-0.25, -0.2) is 0 Å². The van der Waals surface area contributed by atoms with Gasteiger partial charge in [0.05, 0.1) is 5.56 Å². The van der Waals surface area contributed by atoms with Gasteiger partial charge in [0.1, 0.15) is 5.69 Å². The molecule has 0 N–H and O–H groups in total. The average molecular weight is 291 g/mol. The van der Waals surface area contributed by atoms with Crippen molar-refractivity contribution >= 4 is 0 Å². The van der Waals surface area contributed by atoms with E-state index >= 15 is 0 Å². The van der Waals surface area contributed by atoms with Crippen molar-refractivity contribution in [2.24, 2.45) is 0 Å². The van der Waals surface area contributed by atoms with Gasteiger partial charge in [0, 0.05) is 11.8 Å². The van der Waals surface area contributed by atoms with Crippen molar-refractivity contribution in [3.63, 3.8) is 0 Å². The van der Waals surface area contributed by atoms with Crippen LogP contribution in [0.4, 0.5) is 26.3 Å². The molecule has 0 saturated heterocycles. The Hall–Kier alpha value is -2.05. The summed E-state index contributed by atoms with van der Waals surface area (Å²) in [5.41, 5.74) is -1.19. The minimum atomic E-state index is -4.54. The van der Waals surface area contributed by atoms with Gasteiger partial charge in [0.15, 0.2) is 0 Å². The molecular weight excluding hydrogens is 284 g/mol. The van der Waals surface area contributed by atoms with Crippen LogP contribution in [0.15, 0.2) is 42.6 Å². The number of hydrogen-bond acceptors (Lipinski definition) is 1. The molecule has 0 aliphatic heterocycles. The minimum Gasteiger partial charge on any atom is -0.251 e. The zero-order valence-electron chi connectivity index (χ0n) is 9.76. The van der Waals surface area contributed by atoms with E-state index in [4.69, 9.17) is 0 Å². The molecule has 2 aromatic rings. The summed E-state index contributed by atoms with van der Waals surface area (Å²) in [7, 11) is 0. The predicted molar refractivity (Wildman–Crippen MR) is 59.7 cm³/mol. The van der Waals surface area contributed by atoms with E-state index in [0.717, 1.165) is 24.4 Å². The summed E-state index contributed by atoms with van der Waals surface area (Å²) in [6.45, 7) is 0. The first-order chi connectivity index (χ1) is 9.18. The zero-order chi connectivity index (χ0) is 15.0. The Bertz CT molecular complexity index is 525. The Labute approximate surface area is 109 Å². The predicted octanol–water partition coefficient (Wildman–Crippen LogP) is 4.79. The van der Waals surface area contributed by atoms with Crippen molar-refractivity contribution < 1.29 is 26.3 Å². The number of benzene rings is 1. The molecule has 106 valence electrons. The molecule has 1 heterocycles. The highest BCUT2D eigenvalue weighted by Crippen LogP contribution is 2.32. The van der Waals surface area contributed by atoms with E-state index in [-0.39, 0.29) is 0 Å². The SMILES string of the molecule is FC(F)(F)c1ccc(-c2ccc(C(F)(F)F)nc2)cc1. The van der Waals surface area contributed by atoms with Gasteiger partial charge in [0.25, 0.3) is 0 Å². The van der Waals surface area contributed by atoms with E-state index in [1.54, 1.807) is 0 Å². The molecule has 0 atom stereocenters. The van der Waals surface area contributed by atoms with Crippen LogP contribution in [0.3, 0.4) is 0 Å². The fraction of sp³-hybridized carbons (Fsp3) is 0.154. The van der Waals surface area contributed by atoms with Crippen LogP contribution in [0.5, 0.6) is 0 Å². The maximum absolute atomic E-state index is 12.4. The minimum absolute atomic E-state index is 0.312. The Morgan fingerprint density at radius 1 is 0.650 bits per heavy atom. The summed E-state index contributed by atoms with van der Waals surface area (Å²) in [5, 5.41) is 0. The first-order valence-electron chi connectivity index (χ1n) is 5.39. The van der Waals surface area contributed by atoms with Crippen LogP contribution in [0.1, 0.15) is 11.3 Å². The maximum Gasteiger partial charge on any atom is 0.433 e. The molecule has 0 saturated carbocycles. The molecule has 0 fully saturated rings. The van der Waals surface area contributed by atoms with E-state index < -0.39 is 23.6 Å². The lowest BCUT2D eigenvalue weighted by atomic mass is 10.1. The lowest BCUT2D eigenvalue weighted by Gasteiger charge is -2.09. The standard InChI is InChI=1S/C13H7F6N/c14-12(15,16)10-4-1-8(2-5-10)9-3-6-11(20-7-9)13(17,18)19/h1-7H. The molecule has 0 aliphatic rings. The molecule has 0 unspecified atom stereocenters. The smallest absolute Gasteiger partial charge is 0.251 e. The number of aromatic nitrogens is 1. The molecule has 2 rings (SSSR count). The van der Waals surface area contributed by atoms with Crippen molar-refractivity contribution in [2.45, 2.75) is 12.4 Å². The molecule has 0 bridgehead atoms. The third-order valence-electron chi connectivity index (χ3n) is 2.60. The number of pyridine rings is 1. The van der Waals surface area contributed by atoms with Gasteiger partial charge in [-0.15, -0.1) is 0 Å². The van der Waals surface area contributed by atoms with Crippen molar-refractivity contribution in [3.8, 4) is 11.1 Å². The van der Waals surface area contributed by atoms with Crippen LogP contribution in [0.25, 0.3) is 11.1 Å². The zero-order valence-corrected chi connectivity index (χ0v) is 9.76. The number of hydrogen-bond donors (Lipinski definition) is 0. The number of nitrogens with zero attached hydrogens (tertiary/aromatic N) is 1. The monoisotopic (exact) mass is 291 g/mol. The van der Waals surface area contributed by atoms with Crippen molar-refractivity contribution in [2.75, 3.05) is 0 Å². The van der Waals surface area contributed by atoms with E-state index in [1.807, 2.05) is 0 Å². The third-order valence-corrected chi connectivity index (χ3v) is 2.60. The van der Waals surface area contributed by atoms with Crippen molar-refractivity contribution in [1.82, 2.24) is 4.98 Å². The molecule has 7 heteroatoms. The molecule has 1 aromatic carbocycles. The first-order valence-corrected chi connectivity index (χ1v) is 5.39. The van der Waals surface area contributed by atoms with Crippen molar-refractivity contribution in [3.05, 3.63) is 53.9 Å². The fourth-order valence-corrected chi connectivity index (χ4v) is 1.58. The number of halogens is 6. The van der Waals surface area contributed by atoms with E-state index in [2.05, 4.69) is 4.98 Å². The second kappa shape index (κ2) is 4.81. The Morgan fingerprint density at radius 2 is 1.20 bits per heavy atom. The van der Waals surface area contributed by atoms with Crippen molar-refractivity contribution in [1.29, 1.82) is 0 Å². The van der Waals surface area contributed by atoms with Crippen LogP contribution in [-0.4, -0.2) is 4.98 Å². The van der Waals surface area contributed by atoms with Crippen LogP contribution in [0.2, 0.25) is 0 Å². The highest BCUT2D eigenvalue weighted by Gasteiger charge is 2.32. The molecule has 20 heavy (non-hydrogen) atoms. The largest absolute Gasteiger partial charge is 0.433 e. The number of rotatable bonds is 1. The molecule has 1 nitrogen and oxygen atoms in total. The molecule has 0 radical (unpaired) electrons. The normalized spacial score (nSPS) is 12.5. The van der Waals surface area contributed by atoms with E-state index in [1.165, 1.54) is 18.2 Å². The van der Waals surface area contributed by atoms with Gasteiger partial charge in [-0.3, -0.25) is 4.98 Å². The molecule has 0 amide bonds. The van der Waals surface area contributed by atoms with Crippen LogP contribution < -0.4 is 0 Å². The summed E-state index contributed by atoms with van der Waals surface area (Å²) >= 11 is 0. The third kappa shape index (κ3) is 3.09. The lowest BCUT2D eigenvalue weighted by molar-refractivity contribution is -0.141. The lowest BCUT2D eigenvalue weighted by Crippen LogP contribution is -2.07. The van der Waals surface area contributed by atoms with Crippen LogP contribution >= 0.6 is 0 Å². The first kappa shape index (κ1) is 14.4. The van der Waals surface area contributed by atoms with Gasteiger partial charge >= 0.3 is 12.4 Å².